The highest BCUT2D eigenvalue weighted by Gasteiger charge is 2.40. The minimum atomic E-state index is -0.338. The number of nitrogens with one attached hydrogen (secondary N) is 1. The third kappa shape index (κ3) is 4.23. The van der Waals surface area contributed by atoms with E-state index in [1.807, 2.05) is 76.2 Å². The SMILES string of the molecule is Cc1ccc(C2=C(Nc3ccc(N4CCCC4)cc3)C(=O)N(c3ccc(C)c(C)c3)C2=O)cc1C. The number of carbonyl (C=O) groups excluding carboxylic acids is 2. The van der Waals surface area contributed by atoms with Gasteiger partial charge in [-0.05, 0) is 105 Å². The Hall–Kier alpha value is -3.86. The average Bonchev–Trinajstić information content (AvgIpc) is 3.46. The van der Waals surface area contributed by atoms with Crippen LogP contribution in [0.2, 0.25) is 0 Å². The van der Waals surface area contributed by atoms with E-state index < -0.39 is 0 Å². The van der Waals surface area contributed by atoms with Gasteiger partial charge in [0, 0.05) is 24.5 Å². The molecule has 1 fully saturated rings. The maximum absolute atomic E-state index is 13.7. The number of aryl methyl sites for hydroxylation is 4. The molecule has 2 aliphatic heterocycles. The summed E-state index contributed by atoms with van der Waals surface area (Å²) in [5.41, 5.74) is 8.39. The zero-order chi connectivity index (χ0) is 24.7. The summed E-state index contributed by atoms with van der Waals surface area (Å²) in [6.45, 7) is 10.2. The zero-order valence-electron chi connectivity index (χ0n) is 20.8. The smallest absolute Gasteiger partial charge is 0.282 e. The molecule has 0 saturated carbocycles. The molecule has 0 radical (unpaired) electrons. The summed E-state index contributed by atoms with van der Waals surface area (Å²) in [4.78, 5) is 31.1. The number of carbonyl (C=O) groups is 2. The first-order valence-corrected chi connectivity index (χ1v) is 12.2. The summed E-state index contributed by atoms with van der Waals surface area (Å²) in [6, 6.07) is 19.7. The highest BCUT2D eigenvalue weighted by molar-refractivity contribution is 6.46. The second kappa shape index (κ2) is 9.06. The van der Waals surface area contributed by atoms with Crippen LogP contribution in [-0.2, 0) is 9.59 Å². The van der Waals surface area contributed by atoms with E-state index in [0.717, 1.165) is 46.6 Å². The van der Waals surface area contributed by atoms with Gasteiger partial charge in [0.25, 0.3) is 11.8 Å². The molecule has 1 N–H and O–H groups in total. The van der Waals surface area contributed by atoms with Gasteiger partial charge in [-0.1, -0.05) is 24.3 Å². The van der Waals surface area contributed by atoms with Crippen molar-refractivity contribution in [3.63, 3.8) is 0 Å². The number of nitrogens with zero attached hydrogens (tertiary/aromatic N) is 2. The Morgan fingerprint density at radius 3 is 1.89 bits per heavy atom. The van der Waals surface area contributed by atoms with Crippen LogP contribution >= 0.6 is 0 Å². The predicted octanol–water partition coefficient (Wildman–Crippen LogP) is 5.92. The molecular weight excluding hydrogens is 434 g/mol. The topological polar surface area (TPSA) is 52.7 Å². The summed E-state index contributed by atoms with van der Waals surface area (Å²) < 4.78 is 0. The van der Waals surface area contributed by atoms with E-state index >= 15 is 0 Å². The van der Waals surface area contributed by atoms with Crippen molar-refractivity contribution in [2.75, 3.05) is 28.2 Å². The molecule has 35 heavy (non-hydrogen) atoms. The fourth-order valence-corrected chi connectivity index (χ4v) is 4.78. The Balaban J connectivity index is 1.54. The number of hydrogen-bond donors (Lipinski definition) is 1. The standard InChI is InChI=1S/C30H31N3O2/c1-19-7-9-23(17-21(19)3)27-28(31-24-10-13-25(14-11-24)32-15-5-6-16-32)30(35)33(29(27)34)26-12-8-20(2)22(4)18-26/h7-14,17-18,31H,5-6,15-16H2,1-4H3. The molecule has 178 valence electrons. The van der Waals surface area contributed by atoms with Gasteiger partial charge in [0.2, 0.25) is 0 Å². The lowest BCUT2D eigenvalue weighted by Gasteiger charge is -2.18. The van der Waals surface area contributed by atoms with E-state index in [-0.39, 0.29) is 11.8 Å². The van der Waals surface area contributed by atoms with Crippen molar-refractivity contribution >= 4 is 34.4 Å². The Morgan fingerprint density at radius 1 is 0.657 bits per heavy atom. The van der Waals surface area contributed by atoms with Crippen molar-refractivity contribution in [1.82, 2.24) is 0 Å². The van der Waals surface area contributed by atoms with Crippen LogP contribution in [0, 0.1) is 27.7 Å². The second-order valence-electron chi connectivity index (χ2n) is 9.63. The molecular formula is C30H31N3O2. The van der Waals surface area contributed by atoms with Gasteiger partial charge in [-0.3, -0.25) is 9.59 Å². The lowest BCUT2D eigenvalue weighted by molar-refractivity contribution is -0.120. The molecule has 0 spiro atoms. The summed E-state index contributed by atoms with van der Waals surface area (Å²) in [6.07, 6.45) is 2.44. The quantitative estimate of drug-likeness (QED) is 0.476. The molecule has 2 heterocycles. The summed E-state index contributed by atoms with van der Waals surface area (Å²) in [7, 11) is 0. The Bertz CT molecular complexity index is 1350. The van der Waals surface area contributed by atoms with Crippen LogP contribution in [0.4, 0.5) is 17.1 Å². The third-order valence-corrected chi connectivity index (χ3v) is 7.24. The lowest BCUT2D eigenvalue weighted by atomic mass is 9.99. The van der Waals surface area contributed by atoms with Crippen molar-refractivity contribution in [3.8, 4) is 0 Å². The van der Waals surface area contributed by atoms with E-state index in [4.69, 9.17) is 0 Å². The minimum Gasteiger partial charge on any atom is -0.372 e. The molecule has 0 unspecified atom stereocenters. The van der Waals surface area contributed by atoms with Gasteiger partial charge in [-0.15, -0.1) is 0 Å². The monoisotopic (exact) mass is 465 g/mol. The zero-order valence-corrected chi connectivity index (χ0v) is 20.8. The second-order valence-corrected chi connectivity index (χ2v) is 9.63. The Morgan fingerprint density at radius 2 is 1.26 bits per heavy atom. The Labute approximate surface area is 207 Å². The van der Waals surface area contributed by atoms with Crippen LogP contribution in [0.1, 0.15) is 40.7 Å². The first kappa shape index (κ1) is 22.9. The van der Waals surface area contributed by atoms with Gasteiger partial charge in [0.05, 0.1) is 11.3 Å². The lowest BCUT2D eigenvalue weighted by Crippen LogP contribution is -2.32. The molecule has 5 nitrogen and oxygen atoms in total. The van der Waals surface area contributed by atoms with Crippen LogP contribution in [0.25, 0.3) is 5.57 Å². The first-order chi connectivity index (χ1) is 16.8. The largest absolute Gasteiger partial charge is 0.372 e. The average molecular weight is 466 g/mol. The fourth-order valence-electron chi connectivity index (χ4n) is 4.78. The number of anilines is 3. The Kier molecular flexibility index (Phi) is 5.93. The van der Waals surface area contributed by atoms with Crippen LogP contribution in [0.3, 0.4) is 0 Å². The fraction of sp³-hybridized carbons (Fsp3) is 0.267. The molecule has 0 aliphatic carbocycles. The van der Waals surface area contributed by atoms with E-state index in [1.54, 1.807) is 0 Å². The van der Waals surface area contributed by atoms with Crippen LogP contribution in [0.5, 0.6) is 0 Å². The highest BCUT2D eigenvalue weighted by atomic mass is 16.2. The number of benzene rings is 3. The molecule has 2 amide bonds. The first-order valence-electron chi connectivity index (χ1n) is 12.2. The van der Waals surface area contributed by atoms with Gasteiger partial charge in [-0.2, -0.15) is 0 Å². The molecule has 0 atom stereocenters. The molecule has 5 rings (SSSR count). The van der Waals surface area contributed by atoms with Gasteiger partial charge >= 0.3 is 0 Å². The van der Waals surface area contributed by atoms with Crippen molar-refractivity contribution in [2.24, 2.45) is 0 Å². The van der Waals surface area contributed by atoms with Crippen molar-refractivity contribution in [1.29, 1.82) is 0 Å². The predicted molar refractivity (Wildman–Crippen MR) is 143 cm³/mol. The summed E-state index contributed by atoms with van der Waals surface area (Å²) in [5.74, 6) is -0.646. The molecule has 0 bridgehead atoms. The van der Waals surface area contributed by atoms with Gasteiger partial charge in [0.1, 0.15) is 5.70 Å². The molecule has 1 saturated heterocycles. The van der Waals surface area contributed by atoms with Gasteiger partial charge in [0.15, 0.2) is 0 Å². The maximum atomic E-state index is 13.7. The number of imide groups is 1. The maximum Gasteiger partial charge on any atom is 0.282 e. The van der Waals surface area contributed by atoms with Crippen LogP contribution in [0.15, 0.2) is 66.4 Å². The van der Waals surface area contributed by atoms with Gasteiger partial charge < -0.3 is 10.2 Å². The van der Waals surface area contributed by atoms with Crippen molar-refractivity contribution in [2.45, 2.75) is 40.5 Å². The minimum absolute atomic E-state index is 0.308. The summed E-state index contributed by atoms with van der Waals surface area (Å²) >= 11 is 0. The highest BCUT2D eigenvalue weighted by Crippen LogP contribution is 2.35. The van der Waals surface area contributed by atoms with Crippen molar-refractivity contribution < 1.29 is 9.59 Å². The normalized spacial score (nSPS) is 16.0. The molecule has 3 aromatic rings. The molecule has 0 aromatic heterocycles. The third-order valence-electron chi connectivity index (χ3n) is 7.24. The molecule has 2 aliphatic rings. The summed E-state index contributed by atoms with van der Waals surface area (Å²) in [5, 5.41) is 3.30. The van der Waals surface area contributed by atoms with Crippen LogP contribution < -0.4 is 15.1 Å². The van der Waals surface area contributed by atoms with Crippen LogP contribution in [-0.4, -0.2) is 24.9 Å². The van der Waals surface area contributed by atoms with Gasteiger partial charge in [-0.25, -0.2) is 4.90 Å². The van der Waals surface area contributed by atoms with E-state index in [2.05, 4.69) is 22.3 Å². The van der Waals surface area contributed by atoms with E-state index in [1.165, 1.54) is 23.4 Å². The number of rotatable bonds is 5. The molecule has 3 aromatic carbocycles. The number of amides is 2. The van der Waals surface area contributed by atoms with E-state index in [0.29, 0.717) is 17.0 Å². The molecule has 5 heteroatoms. The van der Waals surface area contributed by atoms with E-state index in [9.17, 15) is 9.59 Å². The number of hydrogen-bond acceptors (Lipinski definition) is 4. The van der Waals surface area contributed by atoms with Crippen molar-refractivity contribution in [3.05, 3.63) is 94.2 Å².